The molecule has 2 rings (SSSR count). The van der Waals surface area contributed by atoms with Gasteiger partial charge in [-0.2, -0.15) is 0 Å². The Kier molecular flexibility index (Phi) is 6.48. The molecule has 1 fully saturated rings. The van der Waals surface area contributed by atoms with Gasteiger partial charge in [-0.1, -0.05) is 0 Å². The highest BCUT2D eigenvalue weighted by Crippen LogP contribution is 2.21. The molecule has 0 aromatic heterocycles. The van der Waals surface area contributed by atoms with E-state index in [2.05, 4.69) is 4.90 Å². The number of nitrogens with zero attached hydrogens (tertiary/aromatic N) is 1. The molecule has 1 aromatic rings. The number of rotatable bonds is 7. The Bertz CT molecular complexity index is 375. The van der Waals surface area contributed by atoms with E-state index in [1.54, 1.807) is 7.11 Å². The monoisotopic (exact) mass is 297 g/mol. The quantitative estimate of drug-likeness (QED) is 0.720. The minimum atomic E-state index is 0.671. The lowest BCUT2D eigenvalue weighted by Crippen LogP contribution is -2.36. The fourth-order valence-electron chi connectivity index (χ4n) is 2.55. The van der Waals surface area contributed by atoms with Crippen LogP contribution in [0.3, 0.4) is 0 Å². The lowest BCUT2D eigenvalue weighted by molar-refractivity contribution is 0.141. The Morgan fingerprint density at radius 1 is 1.15 bits per heavy atom. The maximum Gasteiger partial charge on any atom is 0.119 e. The fraction of sp³-hybridized carbons (Fsp3) is 0.625. The first-order valence-electron chi connectivity index (χ1n) is 7.37. The molecule has 0 amide bonds. The van der Waals surface area contributed by atoms with Crippen LogP contribution >= 0.6 is 11.6 Å². The molecule has 0 bridgehead atoms. The van der Waals surface area contributed by atoms with Gasteiger partial charge in [-0.05, 0) is 69.1 Å². The van der Waals surface area contributed by atoms with Crippen molar-refractivity contribution in [1.29, 1.82) is 0 Å². The second-order valence-electron chi connectivity index (χ2n) is 5.31. The van der Waals surface area contributed by atoms with Crippen molar-refractivity contribution in [3.8, 4) is 11.5 Å². The molecule has 1 aromatic carbocycles. The largest absolute Gasteiger partial charge is 0.497 e. The van der Waals surface area contributed by atoms with E-state index in [9.17, 15) is 0 Å². The summed E-state index contributed by atoms with van der Waals surface area (Å²) in [5.74, 6) is 3.23. The molecule has 0 N–H and O–H groups in total. The van der Waals surface area contributed by atoms with Crippen LogP contribution in [-0.4, -0.2) is 44.1 Å². The van der Waals surface area contributed by atoms with Crippen molar-refractivity contribution in [3.63, 3.8) is 0 Å². The SMILES string of the molecule is COc1ccc(OCC2CCN(CCCCl)CC2)cc1. The van der Waals surface area contributed by atoms with Gasteiger partial charge in [0.1, 0.15) is 11.5 Å². The highest BCUT2D eigenvalue weighted by molar-refractivity contribution is 6.17. The van der Waals surface area contributed by atoms with E-state index < -0.39 is 0 Å². The van der Waals surface area contributed by atoms with Gasteiger partial charge in [0, 0.05) is 5.88 Å². The molecule has 4 heteroatoms. The molecule has 1 saturated heterocycles. The van der Waals surface area contributed by atoms with Crippen LogP contribution < -0.4 is 9.47 Å². The standard InChI is InChI=1S/C16H24ClNO2/c1-19-15-3-5-16(6-4-15)20-13-14-7-11-18(12-8-14)10-2-9-17/h3-6,14H,2,7-13H2,1H3. The second kappa shape index (κ2) is 8.38. The second-order valence-corrected chi connectivity index (χ2v) is 5.69. The van der Waals surface area contributed by atoms with Crippen molar-refractivity contribution in [2.75, 3.05) is 39.2 Å². The van der Waals surface area contributed by atoms with Gasteiger partial charge in [0.05, 0.1) is 13.7 Å². The minimum absolute atomic E-state index is 0.671. The molecule has 1 aliphatic rings. The Morgan fingerprint density at radius 2 is 1.80 bits per heavy atom. The summed E-state index contributed by atoms with van der Waals surface area (Å²) >= 11 is 5.73. The number of alkyl halides is 1. The van der Waals surface area contributed by atoms with E-state index in [0.717, 1.165) is 37.0 Å². The predicted molar refractivity (Wildman–Crippen MR) is 83.0 cm³/mol. The maximum atomic E-state index is 5.87. The third-order valence-corrected chi connectivity index (χ3v) is 4.13. The van der Waals surface area contributed by atoms with E-state index in [0.29, 0.717) is 5.92 Å². The summed E-state index contributed by atoms with van der Waals surface area (Å²) in [6.07, 6.45) is 3.53. The van der Waals surface area contributed by atoms with Crippen molar-refractivity contribution >= 4 is 11.6 Å². The zero-order valence-electron chi connectivity index (χ0n) is 12.2. The maximum absolute atomic E-state index is 5.87. The summed E-state index contributed by atoms with van der Waals surface area (Å²) < 4.78 is 11.0. The lowest BCUT2D eigenvalue weighted by atomic mass is 9.98. The molecular weight excluding hydrogens is 274 g/mol. The van der Waals surface area contributed by atoms with Gasteiger partial charge in [0.25, 0.3) is 0 Å². The molecule has 0 aliphatic carbocycles. The van der Waals surface area contributed by atoms with Crippen LogP contribution in [0.4, 0.5) is 0 Å². The highest BCUT2D eigenvalue weighted by Gasteiger charge is 2.19. The molecule has 0 spiro atoms. The summed E-state index contributed by atoms with van der Waals surface area (Å²) in [6, 6.07) is 7.80. The van der Waals surface area contributed by atoms with Gasteiger partial charge < -0.3 is 14.4 Å². The Hall–Kier alpha value is -0.930. The third kappa shape index (κ3) is 4.88. The zero-order chi connectivity index (χ0) is 14.2. The number of likely N-dealkylation sites (tertiary alicyclic amines) is 1. The minimum Gasteiger partial charge on any atom is -0.497 e. The van der Waals surface area contributed by atoms with E-state index in [1.165, 1.54) is 25.9 Å². The highest BCUT2D eigenvalue weighted by atomic mass is 35.5. The Labute approximate surface area is 126 Å². The van der Waals surface area contributed by atoms with Crippen molar-refractivity contribution < 1.29 is 9.47 Å². The Morgan fingerprint density at radius 3 is 2.40 bits per heavy atom. The molecule has 0 radical (unpaired) electrons. The van der Waals surface area contributed by atoms with Crippen LogP contribution in [0.2, 0.25) is 0 Å². The van der Waals surface area contributed by atoms with Gasteiger partial charge in [0.2, 0.25) is 0 Å². The van der Waals surface area contributed by atoms with Crippen molar-refractivity contribution in [2.24, 2.45) is 5.92 Å². The first-order chi connectivity index (χ1) is 9.81. The number of piperidine rings is 1. The first kappa shape index (κ1) is 15.5. The summed E-state index contributed by atoms with van der Waals surface area (Å²) in [7, 11) is 1.67. The summed E-state index contributed by atoms with van der Waals surface area (Å²) in [6.45, 7) is 4.30. The predicted octanol–water partition coefficient (Wildman–Crippen LogP) is 3.41. The topological polar surface area (TPSA) is 21.7 Å². The lowest BCUT2D eigenvalue weighted by Gasteiger charge is -2.31. The molecule has 3 nitrogen and oxygen atoms in total. The Balaban J connectivity index is 1.67. The molecule has 20 heavy (non-hydrogen) atoms. The molecule has 112 valence electrons. The average Bonchev–Trinajstić information content (AvgIpc) is 2.52. The number of ether oxygens (including phenoxy) is 2. The molecule has 1 aliphatic heterocycles. The van der Waals surface area contributed by atoms with Crippen molar-refractivity contribution in [2.45, 2.75) is 19.3 Å². The number of benzene rings is 1. The molecule has 0 unspecified atom stereocenters. The number of halogens is 1. The van der Waals surface area contributed by atoms with Gasteiger partial charge in [-0.3, -0.25) is 0 Å². The molecule has 1 heterocycles. The summed E-state index contributed by atoms with van der Waals surface area (Å²) in [5.41, 5.74) is 0. The van der Waals surface area contributed by atoms with E-state index in [4.69, 9.17) is 21.1 Å². The van der Waals surface area contributed by atoms with Crippen LogP contribution in [0.1, 0.15) is 19.3 Å². The summed E-state index contributed by atoms with van der Waals surface area (Å²) in [4.78, 5) is 2.51. The zero-order valence-corrected chi connectivity index (χ0v) is 12.9. The van der Waals surface area contributed by atoms with Crippen LogP contribution in [0.5, 0.6) is 11.5 Å². The van der Waals surface area contributed by atoms with Gasteiger partial charge in [0.15, 0.2) is 0 Å². The number of hydrogen-bond donors (Lipinski definition) is 0. The normalized spacial score (nSPS) is 17.1. The van der Waals surface area contributed by atoms with Crippen LogP contribution in [0.15, 0.2) is 24.3 Å². The molecular formula is C16H24ClNO2. The first-order valence-corrected chi connectivity index (χ1v) is 7.90. The third-order valence-electron chi connectivity index (χ3n) is 3.86. The van der Waals surface area contributed by atoms with Gasteiger partial charge in [-0.25, -0.2) is 0 Å². The van der Waals surface area contributed by atoms with Crippen LogP contribution in [-0.2, 0) is 0 Å². The van der Waals surface area contributed by atoms with Crippen molar-refractivity contribution in [1.82, 2.24) is 4.90 Å². The number of hydrogen-bond acceptors (Lipinski definition) is 3. The summed E-state index contributed by atoms with van der Waals surface area (Å²) in [5, 5.41) is 0. The van der Waals surface area contributed by atoms with Crippen LogP contribution in [0.25, 0.3) is 0 Å². The smallest absolute Gasteiger partial charge is 0.119 e. The van der Waals surface area contributed by atoms with Crippen molar-refractivity contribution in [3.05, 3.63) is 24.3 Å². The number of methoxy groups -OCH3 is 1. The van der Waals surface area contributed by atoms with Crippen LogP contribution in [0, 0.1) is 5.92 Å². The average molecular weight is 298 g/mol. The van der Waals surface area contributed by atoms with E-state index >= 15 is 0 Å². The van der Waals surface area contributed by atoms with Gasteiger partial charge in [-0.15, -0.1) is 11.6 Å². The molecule has 0 atom stereocenters. The van der Waals surface area contributed by atoms with E-state index in [1.807, 2.05) is 24.3 Å². The van der Waals surface area contributed by atoms with Gasteiger partial charge >= 0.3 is 0 Å². The molecule has 0 saturated carbocycles. The van der Waals surface area contributed by atoms with E-state index in [-0.39, 0.29) is 0 Å². The fourth-order valence-corrected chi connectivity index (χ4v) is 2.67.